The zero-order valence-electron chi connectivity index (χ0n) is 17.9. The molecule has 0 aromatic heterocycles. The Labute approximate surface area is 187 Å². The minimum absolute atomic E-state index is 0.0812. The summed E-state index contributed by atoms with van der Waals surface area (Å²) in [7, 11) is 2.12. The van der Waals surface area contributed by atoms with Crippen LogP contribution in [0.25, 0.3) is 6.08 Å². The van der Waals surface area contributed by atoms with Crippen LogP contribution in [0.1, 0.15) is 49.8 Å². The van der Waals surface area contributed by atoms with Crippen LogP contribution in [0.4, 0.5) is 11.4 Å². The second-order valence-corrected chi connectivity index (χ2v) is 10.1. The van der Waals surface area contributed by atoms with E-state index in [9.17, 15) is 4.79 Å². The molecule has 1 saturated heterocycles. The molecular formula is C24H26ClN3OS. The van der Waals surface area contributed by atoms with Gasteiger partial charge >= 0.3 is 0 Å². The van der Waals surface area contributed by atoms with Gasteiger partial charge in [0.05, 0.1) is 10.6 Å². The molecule has 0 radical (unpaired) electrons. The van der Waals surface area contributed by atoms with Gasteiger partial charge in [-0.3, -0.25) is 4.79 Å². The molecule has 4 rings (SSSR count). The Kier molecular flexibility index (Phi) is 5.45. The number of thioether (sulfide) groups is 1. The lowest BCUT2D eigenvalue weighted by atomic mass is 9.80. The van der Waals surface area contributed by atoms with E-state index in [2.05, 4.69) is 49.1 Å². The number of halogens is 1. The molecule has 1 atom stereocenters. The summed E-state index contributed by atoms with van der Waals surface area (Å²) in [6, 6.07) is 12.0. The number of benzene rings is 2. The molecule has 0 aliphatic carbocycles. The number of nitrogens with one attached hydrogen (secondary N) is 1. The average molecular weight is 440 g/mol. The molecule has 0 saturated carbocycles. The van der Waals surface area contributed by atoms with Crippen molar-refractivity contribution in [3.05, 3.63) is 63.0 Å². The molecule has 2 heterocycles. The molecule has 2 aromatic rings. The normalized spacial score (nSPS) is 23.1. The number of hydrogen-bond acceptors (Lipinski definition) is 4. The van der Waals surface area contributed by atoms with Gasteiger partial charge in [-0.15, -0.1) is 0 Å². The van der Waals surface area contributed by atoms with Gasteiger partial charge in [-0.2, -0.15) is 0 Å². The second kappa shape index (κ2) is 7.78. The Morgan fingerprint density at radius 3 is 2.77 bits per heavy atom. The third-order valence-corrected chi connectivity index (χ3v) is 7.26. The summed E-state index contributed by atoms with van der Waals surface area (Å²) in [4.78, 5) is 20.0. The first-order valence-corrected chi connectivity index (χ1v) is 11.3. The van der Waals surface area contributed by atoms with Crippen molar-refractivity contribution in [3.8, 4) is 0 Å². The van der Waals surface area contributed by atoms with Gasteiger partial charge < -0.3 is 10.2 Å². The number of rotatable bonds is 2. The van der Waals surface area contributed by atoms with E-state index in [1.165, 1.54) is 17.3 Å². The van der Waals surface area contributed by atoms with Gasteiger partial charge in [-0.25, -0.2) is 4.99 Å². The number of anilines is 1. The highest BCUT2D eigenvalue weighted by molar-refractivity contribution is 8.18. The van der Waals surface area contributed by atoms with Crippen LogP contribution < -0.4 is 10.2 Å². The van der Waals surface area contributed by atoms with Crippen molar-refractivity contribution < 1.29 is 4.79 Å². The number of para-hydroxylation sites is 1. The standard InChI is InChI=1S/C24H26ClN3OS/c1-14-8-6-7-9-19(14)26-23-27-22(29)21(30-23)11-16-10-17-15(2)13-24(3,4)28(5)20(17)12-18(16)25/h6-12,15H,13H2,1-5H3,(H,26,27,29)/b21-11-/t15-/m1/s1. The first-order valence-electron chi connectivity index (χ1n) is 10.1. The molecule has 1 fully saturated rings. The summed E-state index contributed by atoms with van der Waals surface area (Å²) >= 11 is 7.98. The van der Waals surface area contributed by atoms with Crippen molar-refractivity contribution in [3.63, 3.8) is 0 Å². The van der Waals surface area contributed by atoms with Gasteiger partial charge in [0.1, 0.15) is 0 Å². The van der Waals surface area contributed by atoms with E-state index in [0.29, 0.717) is 21.0 Å². The third-order valence-electron chi connectivity index (χ3n) is 6.03. The Hall–Kier alpha value is -2.24. The van der Waals surface area contributed by atoms with Crippen molar-refractivity contribution >= 4 is 51.9 Å². The predicted molar refractivity (Wildman–Crippen MR) is 129 cm³/mol. The monoisotopic (exact) mass is 439 g/mol. The molecule has 0 bridgehead atoms. The number of amidine groups is 1. The molecule has 0 unspecified atom stereocenters. The number of hydrogen-bond donors (Lipinski definition) is 1. The van der Waals surface area contributed by atoms with E-state index in [1.807, 2.05) is 43.3 Å². The third kappa shape index (κ3) is 3.88. The van der Waals surface area contributed by atoms with Crippen LogP contribution in [-0.4, -0.2) is 23.7 Å². The minimum Gasteiger partial charge on any atom is -0.369 e. The topological polar surface area (TPSA) is 44.7 Å². The second-order valence-electron chi connectivity index (χ2n) is 8.68. The molecule has 0 spiro atoms. The molecule has 30 heavy (non-hydrogen) atoms. The summed E-state index contributed by atoms with van der Waals surface area (Å²) in [6.07, 6.45) is 2.94. The van der Waals surface area contributed by atoms with Gasteiger partial charge in [-0.05, 0) is 85.8 Å². The highest BCUT2D eigenvalue weighted by Crippen LogP contribution is 2.45. The maximum atomic E-state index is 12.5. The van der Waals surface area contributed by atoms with E-state index < -0.39 is 0 Å². The molecule has 2 aromatic carbocycles. The van der Waals surface area contributed by atoms with E-state index in [1.54, 1.807) is 0 Å². The van der Waals surface area contributed by atoms with Crippen LogP contribution in [0.3, 0.4) is 0 Å². The maximum absolute atomic E-state index is 12.5. The van der Waals surface area contributed by atoms with Gasteiger partial charge in [0.2, 0.25) is 0 Å². The SMILES string of the molecule is Cc1ccccc1N=C1NC(=O)/C(=C/c2cc3c(cc2Cl)N(C)C(C)(C)C[C@H]3C)S1. The molecule has 2 aliphatic rings. The molecule has 6 heteroatoms. The lowest BCUT2D eigenvalue weighted by Crippen LogP contribution is -2.45. The van der Waals surface area contributed by atoms with Crippen LogP contribution in [0.2, 0.25) is 5.02 Å². The fourth-order valence-electron chi connectivity index (χ4n) is 4.14. The molecular weight excluding hydrogens is 414 g/mol. The van der Waals surface area contributed by atoms with E-state index in [-0.39, 0.29) is 11.4 Å². The number of carbonyl (C=O) groups excluding carboxylic acids is 1. The fourth-order valence-corrected chi connectivity index (χ4v) is 5.17. The van der Waals surface area contributed by atoms with Gasteiger partial charge in [0.15, 0.2) is 5.17 Å². The lowest BCUT2D eigenvalue weighted by Gasteiger charge is -2.45. The number of carbonyl (C=O) groups is 1. The van der Waals surface area contributed by atoms with Crippen molar-refractivity contribution in [2.45, 2.75) is 45.6 Å². The highest BCUT2D eigenvalue weighted by Gasteiger charge is 2.34. The zero-order valence-corrected chi connectivity index (χ0v) is 19.5. The van der Waals surface area contributed by atoms with Crippen molar-refractivity contribution in [2.75, 3.05) is 11.9 Å². The zero-order chi connectivity index (χ0) is 21.6. The molecule has 2 aliphatic heterocycles. The summed E-state index contributed by atoms with van der Waals surface area (Å²) in [5.74, 6) is 0.274. The highest BCUT2D eigenvalue weighted by atomic mass is 35.5. The predicted octanol–water partition coefficient (Wildman–Crippen LogP) is 6.26. The average Bonchev–Trinajstić information content (AvgIpc) is 3.02. The van der Waals surface area contributed by atoms with Crippen molar-refractivity contribution in [2.24, 2.45) is 4.99 Å². The molecule has 156 valence electrons. The molecule has 4 nitrogen and oxygen atoms in total. The van der Waals surface area contributed by atoms with Crippen LogP contribution >= 0.6 is 23.4 Å². The van der Waals surface area contributed by atoms with Crippen LogP contribution in [0, 0.1) is 6.92 Å². The first-order chi connectivity index (χ1) is 14.2. The van der Waals surface area contributed by atoms with Crippen molar-refractivity contribution in [1.29, 1.82) is 0 Å². The van der Waals surface area contributed by atoms with Crippen LogP contribution in [0.5, 0.6) is 0 Å². The van der Waals surface area contributed by atoms with E-state index >= 15 is 0 Å². The first kappa shape index (κ1) is 21.0. The smallest absolute Gasteiger partial charge is 0.264 e. The quantitative estimate of drug-likeness (QED) is 0.561. The Balaban J connectivity index is 1.67. The van der Waals surface area contributed by atoms with E-state index in [4.69, 9.17) is 11.6 Å². The Morgan fingerprint density at radius 2 is 2.03 bits per heavy atom. The minimum atomic E-state index is -0.146. The van der Waals surface area contributed by atoms with E-state index in [0.717, 1.165) is 28.9 Å². The fraction of sp³-hybridized carbons (Fsp3) is 0.333. The van der Waals surface area contributed by atoms with Crippen LogP contribution in [0.15, 0.2) is 46.3 Å². The summed E-state index contributed by atoms with van der Waals surface area (Å²) < 4.78 is 0. The van der Waals surface area contributed by atoms with Gasteiger partial charge in [0, 0.05) is 23.3 Å². The van der Waals surface area contributed by atoms with Gasteiger partial charge in [-0.1, -0.05) is 36.7 Å². The molecule has 1 amide bonds. The van der Waals surface area contributed by atoms with Gasteiger partial charge in [0.25, 0.3) is 5.91 Å². The summed E-state index contributed by atoms with van der Waals surface area (Å²) in [6.45, 7) is 8.77. The number of aryl methyl sites for hydroxylation is 1. The Bertz CT molecular complexity index is 1090. The number of aliphatic imine (C=N–C) groups is 1. The Morgan fingerprint density at radius 1 is 1.30 bits per heavy atom. The van der Waals surface area contributed by atoms with Crippen LogP contribution in [-0.2, 0) is 4.79 Å². The molecule has 1 N–H and O–H groups in total. The lowest BCUT2D eigenvalue weighted by molar-refractivity contribution is -0.115. The number of nitrogens with zero attached hydrogens (tertiary/aromatic N) is 2. The largest absolute Gasteiger partial charge is 0.369 e. The number of fused-ring (bicyclic) bond motifs is 1. The maximum Gasteiger partial charge on any atom is 0.264 e. The number of amides is 1. The summed E-state index contributed by atoms with van der Waals surface area (Å²) in [5.41, 5.74) is 5.30. The summed E-state index contributed by atoms with van der Waals surface area (Å²) in [5, 5.41) is 4.10. The van der Waals surface area contributed by atoms with Crippen molar-refractivity contribution in [1.82, 2.24) is 5.32 Å².